The van der Waals surface area contributed by atoms with Gasteiger partial charge in [0.05, 0.1) is 12.1 Å². The summed E-state index contributed by atoms with van der Waals surface area (Å²) in [5, 5.41) is 2.94. The number of alkyl carbamates (subject to hydrolysis) is 1. The molecule has 1 aromatic rings. The van der Waals surface area contributed by atoms with Crippen LogP contribution in [0.5, 0.6) is 0 Å². The van der Waals surface area contributed by atoms with Crippen molar-refractivity contribution in [2.45, 2.75) is 25.0 Å². The molecule has 5 heteroatoms. The van der Waals surface area contributed by atoms with E-state index in [1.165, 1.54) is 0 Å². The Morgan fingerprint density at radius 2 is 2.00 bits per heavy atom. The first-order valence-corrected chi connectivity index (χ1v) is 6.80. The van der Waals surface area contributed by atoms with Crippen LogP contribution >= 0.6 is 0 Å². The minimum atomic E-state index is -0.409. The van der Waals surface area contributed by atoms with Crippen LogP contribution in [0, 0.1) is 0 Å². The van der Waals surface area contributed by atoms with Crippen molar-refractivity contribution in [2.24, 2.45) is 0 Å². The van der Waals surface area contributed by atoms with E-state index in [9.17, 15) is 4.79 Å². The van der Waals surface area contributed by atoms with Gasteiger partial charge in [0.1, 0.15) is 6.61 Å². The maximum atomic E-state index is 11.9. The van der Waals surface area contributed by atoms with Gasteiger partial charge in [0.2, 0.25) is 0 Å². The van der Waals surface area contributed by atoms with Gasteiger partial charge in [0, 0.05) is 20.3 Å². The van der Waals surface area contributed by atoms with E-state index in [0.717, 1.165) is 18.4 Å². The lowest BCUT2D eigenvalue weighted by Crippen LogP contribution is -2.55. The molecular formula is C15H21NO4. The standard InChI is InChI=1S/C15H21NO4/c1-18-12-15(7-9-19-10-8-15)16-14(17)20-11-13-5-3-2-4-6-13/h2-6H,7-12H2,1H3,(H,16,17). The second kappa shape index (κ2) is 7.26. The van der Waals surface area contributed by atoms with Crippen LogP contribution in [-0.2, 0) is 20.8 Å². The summed E-state index contributed by atoms with van der Waals surface area (Å²) in [4.78, 5) is 11.9. The predicted molar refractivity (Wildman–Crippen MR) is 74.4 cm³/mol. The number of ether oxygens (including phenoxy) is 3. The van der Waals surface area contributed by atoms with Crippen molar-refractivity contribution in [2.75, 3.05) is 26.9 Å². The van der Waals surface area contributed by atoms with E-state index in [1.54, 1.807) is 7.11 Å². The van der Waals surface area contributed by atoms with E-state index in [4.69, 9.17) is 14.2 Å². The van der Waals surface area contributed by atoms with E-state index in [0.29, 0.717) is 19.8 Å². The fourth-order valence-corrected chi connectivity index (χ4v) is 2.32. The number of carbonyl (C=O) groups is 1. The Morgan fingerprint density at radius 1 is 1.30 bits per heavy atom. The normalized spacial score (nSPS) is 17.4. The highest BCUT2D eigenvalue weighted by molar-refractivity contribution is 5.68. The molecule has 0 radical (unpaired) electrons. The highest BCUT2D eigenvalue weighted by Crippen LogP contribution is 2.21. The van der Waals surface area contributed by atoms with Crippen molar-refractivity contribution in [1.82, 2.24) is 5.32 Å². The van der Waals surface area contributed by atoms with E-state index in [1.807, 2.05) is 30.3 Å². The number of nitrogens with one attached hydrogen (secondary N) is 1. The van der Waals surface area contributed by atoms with Crippen LogP contribution in [0.4, 0.5) is 4.79 Å². The second-order valence-corrected chi connectivity index (χ2v) is 5.01. The van der Waals surface area contributed by atoms with E-state index in [2.05, 4.69) is 5.32 Å². The average Bonchev–Trinajstić information content (AvgIpc) is 2.47. The van der Waals surface area contributed by atoms with E-state index < -0.39 is 6.09 Å². The fraction of sp³-hybridized carbons (Fsp3) is 0.533. The van der Waals surface area contributed by atoms with Crippen LogP contribution in [-0.4, -0.2) is 38.6 Å². The third-order valence-electron chi connectivity index (χ3n) is 3.45. The molecule has 20 heavy (non-hydrogen) atoms. The summed E-state index contributed by atoms with van der Waals surface area (Å²) < 4.78 is 15.8. The van der Waals surface area contributed by atoms with E-state index in [-0.39, 0.29) is 12.1 Å². The summed E-state index contributed by atoms with van der Waals surface area (Å²) in [6, 6.07) is 9.61. The smallest absolute Gasteiger partial charge is 0.407 e. The number of carbonyl (C=O) groups excluding carboxylic acids is 1. The quantitative estimate of drug-likeness (QED) is 0.897. The molecule has 0 spiro atoms. The molecule has 1 fully saturated rings. The van der Waals surface area contributed by atoms with Gasteiger partial charge in [0.25, 0.3) is 0 Å². The average molecular weight is 279 g/mol. The molecule has 0 aliphatic carbocycles. The largest absolute Gasteiger partial charge is 0.445 e. The molecule has 1 aliphatic heterocycles. The molecular weight excluding hydrogens is 258 g/mol. The van der Waals surface area contributed by atoms with Crippen molar-refractivity contribution in [3.63, 3.8) is 0 Å². The molecule has 1 heterocycles. The first kappa shape index (κ1) is 14.8. The van der Waals surface area contributed by atoms with Gasteiger partial charge in [-0.15, -0.1) is 0 Å². The zero-order chi connectivity index (χ0) is 14.3. The summed E-state index contributed by atoms with van der Waals surface area (Å²) in [6.07, 6.45) is 1.07. The van der Waals surface area contributed by atoms with Gasteiger partial charge in [-0.3, -0.25) is 0 Å². The minimum Gasteiger partial charge on any atom is -0.445 e. The maximum Gasteiger partial charge on any atom is 0.407 e. The summed E-state index contributed by atoms with van der Waals surface area (Å²) in [7, 11) is 1.63. The number of amides is 1. The van der Waals surface area contributed by atoms with E-state index >= 15 is 0 Å². The molecule has 1 saturated heterocycles. The van der Waals surface area contributed by atoms with Gasteiger partial charge in [-0.2, -0.15) is 0 Å². The molecule has 1 aromatic carbocycles. The molecule has 2 rings (SSSR count). The number of methoxy groups -OCH3 is 1. The van der Waals surface area contributed by atoms with Gasteiger partial charge in [0.15, 0.2) is 0 Å². The van der Waals surface area contributed by atoms with Gasteiger partial charge in [-0.1, -0.05) is 30.3 Å². The Labute approximate surface area is 119 Å². The van der Waals surface area contributed by atoms with Crippen molar-refractivity contribution < 1.29 is 19.0 Å². The number of hydrogen-bond donors (Lipinski definition) is 1. The van der Waals surface area contributed by atoms with Gasteiger partial charge in [-0.25, -0.2) is 4.79 Å². The molecule has 1 aliphatic rings. The Bertz CT molecular complexity index is 410. The zero-order valence-corrected chi connectivity index (χ0v) is 11.8. The third kappa shape index (κ3) is 4.21. The van der Waals surface area contributed by atoms with Gasteiger partial charge < -0.3 is 19.5 Å². The number of benzene rings is 1. The van der Waals surface area contributed by atoms with Crippen molar-refractivity contribution in [3.05, 3.63) is 35.9 Å². The highest BCUT2D eigenvalue weighted by Gasteiger charge is 2.34. The Morgan fingerprint density at radius 3 is 2.65 bits per heavy atom. The fourth-order valence-electron chi connectivity index (χ4n) is 2.32. The second-order valence-electron chi connectivity index (χ2n) is 5.01. The molecule has 0 unspecified atom stereocenters. The molecule has 0 aromatic heterocycles. The van der Waals surface area contributed by atoms with Gasteiger partial charge in [-0.05, 0) is 18.4 Å². The molecule has 0 bridgehead atoms. The Hall–Kier alpha value is -1.59. The minimum absolute atomic E-state index is 0.270. The topological polar surface area (TPSA) is 56.8 Å². The predicted octanol–water partition coefficient (Wildman–Crippen LogP) is 2.11. The molecule has 5 nitrogen and oxygen atoms in total. The maximum absolute atomic E-state index is 11.9. The highest BCUT2D eigenvalue weighted by atomic mass is 16.5. The molecule has 1 amide bonds. The lowest BCUT2D eigenvalue weighted by atomic mass is 9.91. The molecule has 0 atom stereocenters. The molecule has 1 N–H and O–H groups in total. The van der Waals surface area contributed by atoms with Crippen LogP contribution in [0.1, 0.15) is 18.4 Å². The van der Waals surface area contributed by atoms with Crippen molar-refractivity contribution in [3.8, 4) is 0 Å². The lowest BCUT2D eigenvalue weighted by Gasteiger charge is -2.36. The van der Waals surface area contributed by atoms with Gasteiger partial charge >= 0.3 is 6.09 Å². The van der Waals surface area contributed by atoms with Crippen LogP contribution in [0.2, 0.25) is 0 Å². The SMILES string of the molecule is COCC1(NC(=O)OCc2ccccc2)CCOCC1. The monoisotopic (exact) mass is 279 g/mol. The van der Waals surface area contributed by atoms with Crippen LogP contribution in [0.25, 0.3) is 0 Å². The Kier molecular flexibility index (Phi) is 5.38. The van der Waals surface area contributed by atoms with Crippen molar-refractivity contribution in [1.29, 1.82) is 0 Å². The summed E-state index contributed by atoms with van der Waals surface area (Å²) in [5.41, 5.74) is 0.594. The Balaban J connectivity index is 1.85. The summed E-state index contributed by atoms with van der Waals surface area (Å²) in [6.45, 7) is 1.99. The zero-order valence-electron chi connectivity index (χ0n) is 11.8. The molecule has 0 saturated carbocycles. The van der Waals surface area contributed by atoms with Crippen LogP contribution in [0.3, 0.4) is 0 Å². The summed E-state index contributed by atoms with van der Waals surface area (Å²) in [5.74, 6) is 0. The summed E-state index contributed by atoms with van der Waals surface area (Å²) >= 11 is 0. The lowest BCUT2D eigenvalue weighted by molar-refractivity contribution is -0.000435. The first-order valence-electron chi connectivity index (χ1n) is 6.80. The molecule has 110 valence electrons. The number of rotatable bonds is 5. The number of hydrogen-bond acceptors (Lipinski definition) is 4. The van der Waals surface area contributed by atoms with Crippen molar-refractivity contribution >= 4 is 6.09 Å². The van der Waals surface area contributed by atoms with Crippen LogP contribution in [0.15, 0.2) is 30.3 Å². The third-order valence-corrected chi connectivity index (χ3v) is 3.45. The first-order chi connectivity index (χ1) is 9.74. The van der Waals surface area contributed by atoms with Crippen LogP contribution < -0.4 is 5.32 Å².